The normalized spacial score (nSPS) is 12.7. The summed E-state index contributed by atoms with van der Waals surface area (Å²) in [5.74, 6) is 0.323. The van der Waals surface area contributed by atoms with Crippen LogP contribution in [0.15, 0.2) is 23.6 Å². The SMILES string of the molecule is CC(C)(C)n1c(-c2ccncc2Cl)nnc1S(=O)(=O)Cl. The molecule has 0 radical (unpaired) electrons. The van der Waals surface area contributed by atoms with Crippen LogP contribution in [0.3, 0.4) is 0 Å². The zero-order valence-corrected chi connectivity index (χ0v) is 13.3. The number of hydrogen-bond acceptors (Lipinski definition) is 5. The van der Waals surface area contributed by atoms with Gasteiger partial charge in [-0.3, -0.25) is 9.55 Å². The smallest absolute Gasteiger partial charge is 0.291 e. The minimum atomic E-state index is -4.01. The Hall–Kier alpha value is -1.18. The lowest BCUT2D eigenvalue weighted by Crippen LogP contribution is -2.26. The maximum Gasteiger partial charge on any atom is 0.296 e. The molecule has 0 fully saturated rings. The van der Waals surface area contributed by atoms with E-state index < -0.39 is 14.6 Å². The van der Waals surface area contributed by atoms with E-state index in [4.69, 9.17) is 22.3 Å². The van der Waals surface area contributed by atoms with Crippen LogP contribution in [0.4, 0.5) is 0 Å². The molecular formula is C11H12Cl2N4O2S. The molecule has 0 bridgehead atoms. The van der Waals surface area contributed by atoms with E-state index in [0.717, 1.165) is 0 Å². The summed E-state index contributed by atoms with van der Waals surface area (Å²) in [4.78, 5) is 3.88. The minimum absolute atomic E-state index is 0.311. The van der Waals surface area contributed by atoms with Crippen LogP contribution >= 0.6 is 22.3 Å². The Bertz CT molecular complexity index is 750. The number of halogens is 2. The Balaban J connectivity index is 2.81. The van der Waals surface area contributed by atoms with E-state index in [-0.39, 0.29) is 5.16 Å². The van der Waals surface area contributed by atoms with Crippen molar-refractivity contribution in [2.45, 2.75) is 31.5 Å². The first-order valence-corrected chi connectivity index (χ1v) is 8.31. The van der Waals surface area contributed by atoms with Gasteiger partial charge in [0.1, 0.15) is 0 Å². The summed E-state index contributed by atoms with van der Waals surface area (Å²) in [5, 5.41) is 7.64. The first-order valence-electron chi connectivity index (χ1n) is 5.63. The number of hydrogen-bond donors (Lipinski definition) is 0. The van der Waals surface area contributed by atoms with Gasteiger partial charge in [0.25, 0.3) is 14.2 Å². The average Bonchev–Trinajstić information content (AvgIpc) is 2.73. The Kier molecular flexibility index (Phi) is 3.79. The van der Waals surface area contributed by atoms with Crippen molar-refractivity contribution in [1.29, 1.82) is 0 Å². The summed E-state index contributed by atoms with van der Waals surface area (Å²) in [6.45, 7) is 5.46. The van der Waals surface area contributed by atoms with Crippen molar-refractivity contribution < 1.29 is 8.42 Å². The molecule has 20 heavy (non-hydrogen) atoms. The number of aromatic nitrogens is 4. The molecule has 0 saturated carbocycles. The van der Waals surface area contributed by atoms with Crippen molar-refractivity contribution in [3.8, 4) is 11.4 Å². The summed E-state index contributed by atoms with van der Waals surface area (Å²) in [6, 6.07) is 1.64. The number of nitrogens with zero attached hydrogens (tertiary/aromatic N) is 4. The number of pyridine rings is 1. The fourth-order valence-corrected chi connectivity index (χ4v) is 2.98. The van der Waals surface area contributed by atoms with Gasteiger partial charge in [0.05, 0.1) is 5.02 Å². The van der Waals surface area contributed by atoms with E-state index in [0.29, 0.717) is 16.4 Å². The maximum absolute atomic E-state index is 11.6. The Morgan fingerprint density at radius 1 is 1.25 bits per heavy atom. The highest BCUT2D eigenvalue weighted by molar-refractivity contribution is 8.13. The highest BCUT2D eigenvalue weighted by Crippen LogP contribution is 2.32. The molecule has 0 saturated heterocycles. The van der Waals surface area contributed by atoms with Gasteiger partial charge in [0.2, 0.25) is 0 Å². The summed E-state index contributed by atoms with van der Waals surface area (Å²) < 4.78 is 24.7. The molecule has 9 heteroatoms. The van der Waals surface area contributed by atoms with Crippen LogP contribution < -0.4 is 0 Å². The second-order valence-corrected chi connectivity index (χ2v) is 7.97. The van der Waals surface area contributed by atoms with Gasteiger partial charge in [0.15, 0.2) is 5.82 Å². The standard InChI is InChI=1S/C11H12Cl2N4O2S/c1-11(2,3)17-9(7-4-5-14-6-8(7)12)15-16-10(17)20(13,18)19/h4-6H,1-3H3. The van der Waals surface area contributed by atoms with Crippen molar-refractivity contribution in [3.63, 3.8) is 0 Å². The molecular weight excluding hydrogens is 323 g/mol. The van der Waals surface area contributed by atoms with Crippen molar-refractivity contribution in [1.82, 2.24) is 19.7 Å². The van der Waals surface area contributed by atoms with E-state index >= 15 is 0 Å². The molecule has 0 aliphatic heterocycles. The van der Waals surface area contributed by atoms with E-state index in [1.165, 1.54) is 17.0 Å². The fourth-order valence-electron chi connectivity index (χ4n) is 1.76. The van der Waals surface area contributed by atoms with Crippen LogP contribution in [0, 0.1) is 0 Å². The van der Waals surface area contributed by atoms with Crippen LogP contribution in [0.1, 0.15) is 20.8 Å². The Labute approximate surface area is 126 Å². The maximum atomic E-state index is 11.6. The van der Waals surface area contributed by atoms with Crippen molar-refractivity contribution in [3.05, 3.63) is 23.5 Å². The molecule has 2 heterocycles. The second kappa shape index (κ2) is 4.98. The molecule has 0 N–H and O–H groups in total. The third kappa shape index (κ3) is 2.79. The van der Waals surface area contributed by atoms with Crippen molar-refractivity contribution >= 4 is 31.3 Å². The first kappa shape index (κ1) is 15.2. The Morgan fingerprint density at radius 2 is 1.90 bits per heavy atom. The van der Waals surface area contributed by atoms with Gasteiger partial charge in [-0.2, -0.15) is 0 Å². The third-order valence-electron chi connectivity index (χ3n) is 2.54. The molecule has 2 aromatic heterocycles. The molecule has 0 atom stereocenters. The zero-order valence-electron chi connectivity index (χ0n) is 11.0. The Morgan fingerprint density at radius 3 is 2.40 bits per heavy atom. The first-order chi connectivity index (χ1) is 9.12. The molecule has 2 rings (SSSR count). The average molecular weight is 335 g/mol. The van der Waals surface area contributed by atoms with E-state index in [1.807, 2.05) is 20.8 Å². The molecule has 0 aromatic carbocycles. The predicted molar refractivity (Wildman–Crippen MR) is 76.3 cm³/mol. The van der Waals surface area contributed by atoms with Crippen LogP contribution in [0.25, 0.3) is 11.4 Å². The lowest BCUT2D eigenvalue weighted by atomic mass is 10.1. The summed E-state index contributed by atoms with van der Waals surface area (Å²) in [6.07, 6.45) is 2.99. The van der Waals surface area contributed by atoms with Gasteiger partial charge < -0.3 is 0 Å². The summed E-state index contributed by atoms with van der Waals surface area (Å²) >= 11 is 6.08. The lowest BCUT2D eigenvalue weighted by molar-refractivity contribution is 0.367. The minimum Gasteiger partial charge on any atom is -0.291 e. The predicted octanol–water partition coefficient (Wildman–Crippen LogP) is 2.68. The molecule has 2 aromatic rings. The fraction of sp³-hybridized carbons (Fsp3) is 0.364. The molecule has 0 aliphatic carbocycles. The van der Waals surface area contributed by atoms with Crippen molar-refractivity contribution in [2.75, 3.05) is 0 Å². The van der Waals surface area contributed by atoms with Gasteiger partial charge in [-0.05, 0) is 26.8 Å². The second-order valence-electron chi connectivity index (χ2n) is 5.11. The summed E-state index contributed by atoms with van der Waals surface area (Å²) in [5.41, 5.74) is -0.0569. The highest BCUT2D eigenvalue weighted by atomic mass is 35.7. The molecule has 0 unspecified atom stereocenters. The molecule has 0 aliphatic rings. The van der Waals surface area contributed by atoms with E-state index in [2.05, 4.69) is 15.2 Å². The quantitative estimate of drug-likeness (QED) is 0.789. The molecule has 6 nitrogen and oxygen atoms in total. The zero-order chi connectivity index (χ0) is 15.1. The largest absolute Gasteiger partial charge is 0.296 e. The van der Waals surface area contributed by atoms with Gasteiger partial charge in [-0.25, -0.2) is 8.42 Å². The van der Waals surface area contributed by atoms with Gasteiger partial charge >= 0.3 is 0 Å². The molecule has 108 valence electrons. The number of rotatable bonds is 2. The lowest BCUT2D eigenvalue weighted by Gasteiger charge is -2.24. The van der Waals surface area contributed by atoms with Gasteiger partial charge in [0, 0.05) is 34.2 Å². The van der Waals surface area contributed by atoms with Crippen molar-refractivity contribution in [2.24, 2.45) is 0 Å². The van der Waals surface area contributed by atoms with Crippen LogP contribution in [0.5, 0.6) is 0 Å². The van der Waals surface area contributed by atoms with E-state index in [1.54, 1.807) is 6.07 Å². The van der Waals surface area contributed by atoms with Crippen LogP contribution in [0.2, 0.25) is 5.02 Å². The monoisotopic (exact) mass is 334 g/mol. The van der Waals surface area contributed by atoms with Crippen LogP contribution in [-0.4, -0.2) is 28.2 Å². The summed E-state index contributed by atoms with van der Waals surface area (Å²) in [7, 11) is 1.40. The van der Waals surface area contributed by atoms with Gasteiger partial charge in [-0.15, -0.1) is 10.2 Å². The van der Waals surface area contributed by atoms with Gasteiger partial charge in [-0.1, -0.05) is 11.6 Å². The molecule has 0 spiro atoms. The molecule has 0 amide bonds. The third-order valence-corrected chi connectivity index (χ3v) is 3.95. The highest BCUT2D eigenvalue weighted by Gasteiger charge is 2.30. The topological polar surface area (TPSA) is 77.7 Å². The van der Waals surface area contributed by atoms with E-state index in [9.17, 15) is 8.42 Å². The van der Waals surface area contributed by atoms with Crippen LogP contribution in [-0.2, 0) is 14.6 Å².